The van der Waals surface area contributed by atoms with Crippen molar-refractivity contribution in [2.24, 2.45) is 0 Å². The molecule has 0 saturated carbocycles. The standard InChI is InChI=1S/C22H22INO5S/c1-4-28-20-17(23)11-15(12-18(20)27-3)13-19-21(25)24(22(26)30-19)8-9-29-16-7-5-6-14(2)10-16/h5-7,10-13H,4,8-9H2,1-3H3/b19-13-. The minimum Gasteiger partial charge on any atom is -0.493 e. The molecule has 0 atom stereocenters. The van der Waals surface area contributed by atoms with Crippen LogP contribution in [0, 0.1) is 10.5 Å². The summed E-state index contributed by atoms with van der Waals surface area (Å²) in [6, 6.07) is 11.3. The van der Waals surface area contributed by atoms with Gasteiger partial charge in [0, 0.05) is 0 Å². The second-order valence-electron chi connectivity index (χ2n) is 6.47. The number of hydrogen-bond donors (Lipinski definition) is 0. The smallest absolute Gasteiger partial charge is 0.293 e. The molecule has 1 aliphatic heterocycles. The number of thioether (sulfide) groups is 1. The first-order valence-corrected chi connectivity index (χ1v) is 11.3. The van der Waals surface area contributed by atoms with Gasteiger partial charge in [0.2, 0.25) is 0 Å². The summed E-state index contributed by atoms with van der Waals surface area (Å²) in [5.41, 5.74) is 1.85. The molecule has 6 nitrogen and oxygen atoms in total. The van der Waals surface area contributed by atoms with Crippen molar-refractivity contribution in [2.75, 3.05) is 26.9 Å². The zero-order valence-electron chi connectivity index (χ0n) is 16.9. The van der Waals surface area contributed by atoms with Crippen LogP contribution in [0.2, 0.25) is 0 Å². The quantitative estimate of drug-likeness (QED) is 0.343. The Labute approximate surface area is 193 Å². The molecule has 8 heteroatoms. The van der Waals surface area contributed by atoms with E-state index in [2.05, 4.69) is 22.6 Å². The SMILES string of the molecule is CCOc1c(I)cc(/C=C2\SC(=O)N(CCOc3cccc(C)c3)C2=O)cc1OC. The van der Waals surface area contributed by atoms with Crippen LogP contribution < -0.4 is 14.2 Å². The van der Waals surface area contributed by atoms with E-state index in [9.17, 15) is 9.59 Å². The van der Waals surface area contributed by atoms with Gasteiger partial charge in [-0.05, 0) is 89.7 Å². The van der Waals surface area contributed by atoms with Crippen molar-refractivity contribution in [3.8, 4) is 17.2 Å². The number of nitrogens with zero attached hydrogens (tertiary/aromatic N) is 1. The molecule has 1 heterocycles. The molecule has 1 saturated heterocycles. The molecule has 1 fully saturated rings. The fraction of sp³-hybridized carbons (Fsp3) is 0.273. The number of hydrogen-bond acceptors (Lipinski definition) is 6. The van der Waals surface area contributed by atoms with Crippen molar-refractivity contribution in [1.29, 1.82) is 0 Å². The lowest BCUT2D eigenvalue weighted by Gasteiger charge is -2.13. The average molecular weight is 539 g/mol. The van der Waals surface area contributed by atoms with E-state index in [0.717, 1.165) is 26.5 Å². The third kappa shape index (κ3) is 5.28. The van der Waals surface area contributed by atoms with Crippen molar-refractivity contribution in [1.82, 2.24) is 4.90 Å². The van der Waals surface area contributed by atoms with E-state index in [-0.39, 0.29) is 24.3 Å². The number of rotatable bonds is 8. The molecule has 0 aliphatic carbocycles. The minimum absolute atomic E-state index is 0.195. The van der Waals surface area contributed by atoms with Crippen molar-refractivity contribution in [3.63, 3.8) is 0 Å². The number of amides is 2. The number of carbonyl (C=O) groups is 2. The van der Waals surface area contributed by atoms with E-state index < -0.39 is 0 Å². The lowest BCUT2D eigenvalue weighted by atomic mass is 10.2. The highest BCUT2D eigenvalue weighted by molar-refractivity contribution is 14.1. The summed E-state index contributed by atoms with van der Waals surface area (Å²) >= 11 is 3.09. The lowest BCUT2D eigenvalue weighted by Crippen LogP contribution is -2.32. The topological polar surface area (TPSA) is 65.1 Å². The largest absolute Gasteiger partial charge is 0.493 e. The molecular weight excluding hydrogens is 517 g/mol. The Morgan fingerprint density at radius 3 is 2.67 bits per heavy atom. The van der Waals surface area contributed by atoms with Crippen LogP contribution in [-0.4, -0.2) is 42.9 Å². The van der Waals surface area contributed by atoms with E-state index >= 15 is 0 Å². The highest BCUT2D eigenvalue weighted by Crippen LogP contribution is 2.37. The van der Waals surface area contributed by atoms with Crippen LogP contribution in [0.15, 0.2) is 41.3 Å². The van der Waals surface area contributed by atoms with E-state index in [1.54, 1.807) is 19.3 Å². The van der Waals surface area contributed by atoms with Gasteiger partial charge in [-0.15, -0.1) is 0 Å². The Bertz CT molecular complexity index is 991. The Kier molecular flexibility index (Phi) is 7.65. The fourth-order valence-corrected chi connectivity index (χ4v) is 4.56. The molecule has 0 radical (unpaired) electrons. The Hall–Kier alpha value is -2.20. The number of ether oxygens (including phenoxy) is 3. The summed E-state index contributed by atoms with van der Waals surface area (Å²) in [7, 11) is 1.57. The van der Waals surface area contributed by atoms with Gasteiger partial charge < -0.3 is 14.2 Å². The maximum Gasteiger partial charge on any atom is 0.293 e. The van der Waals surface area contributed by atoms with E-state index in [0.29, 0.717) is 28.8 Å². The summed E-state index contributed by atoms with van der Waals surface area (Å²) < 4.78 is 17.6. The van der Waals surface area contributed by atoms with Crippen LogP contribution in [0.1, 0.15) is 18.1 Å². The summed E-state index contributed by atoms with van der Waals surface area (Å²) in [6.45, 7) is 4.84. The molecule has 0 unspecified atom stereocenters. The highest BCUT2D eigenvalue weighted by Gasteiger charge is 2.34. The predicted molar refractivity (Wildman–Crippen MR) is 126 cm³/mol. The molecule has 30 heavy (non-hydrogen) atoms. The monoisotopic (exact) mass is 539 g/mol. The van der Waals surface area contributed by atoms with E-state index in [4.69, 9.17) is 14.2 Å². The van der Waals surface area contributed by atoms with Crippen LogP contribution in [-0.2, 0) is 4.79 Å². The molecule has 1 aliphatic rings. The first-order chi connectivity index (χ1) is 14.4. The minimum atomic E-state index is -0.319. The van der Waals surface area contributed by atoms with E-state index in [1.807, 2.05) is 44.2 Å². The molecule has 0 bridgehead atoms. The zero-order chi connectivity index (χ0) is 21.7. The number of imide groups is 1. The molecule has 158 valence electrons. The van der Waals surface area contributed by atoms with Gasteiger partial charge in [-0.2, -0.15) is 0 Å². The molecule has 0 aromatic heterocycles. The molecule has 0 N–H and O–H groups in total. The number of halogens is 1. The van der Waals surface area contributed by atoms with Gasteiger partial charge in [0.1, 0.15) is 12.4 Å². The molecule has 0 spiro atoms. The first-order valence-electron chi connectivity index (χ1n) is 9.38. The maximum atomic E-state index is 12.7. The molecule has 2 amide bonds. The van der Waals surface area contributed by atoms with Crippen LogP contribution in [0.4, 0.5) is 4.79 Å². The van der Waals surface area contributed by atoms with Crippen molar-refractivity contribution in [3.05, 3.63) is 56.0 Å². The van der Waals surface area contributed by atoms with Crippen molar-refractivity contribution < 1.29 is 23.8 Å². The van der Waals surface area contributed by atoms with Crippen LogP contribution in [0.25, 0.3) is 6.08 Å². The first kappa shape index (κ1) is 22.5. The number of carbonyl (C=O) groups excluding carboxylic acids is 2. The molecule has 3 rings (SSSR count). The van der Waals surface area contributed by atoms with Gasteiger partial charge in [-0.25, -0.2) is 0 Å². The third-order valence-electron chi connectivity index (χ3n) is 4.28. The molecular formula is C22H22INO5S. The summed E-state index contributed by atoms with van der Waals surface area (Å²) in [5, 5.41) is -0.299. The van der Waals surface area contributed by atoms with Gasteiger partial charge in [0.05, 0.1) is 28.7 Å². The van der Waals surface area contributed by atoms with Gasteiger partial charge >= 0.3 is 0 Å². The molecule has 2 aromatic carbocycles. The maximum absolute atomic E-state index is 12.7. The van der Waals surface area contributed by atoms with E-state index in [1.165, 1.54) is 4.90 Å². The van der Waals surface area contributed by atoms with Gasteiger partial charge in [0.15, 0.2) is 11.5 Å². The third-order valence-corrected chi connectivity index (χ3v) is 5.99. The predicted octanol–water partition coefficient (Wildman–Crippen LogP) is 5.12. The highest BCUT2D eigenvalue weighted by atomic mass is 127. The second-order valence-corrected chi connectivity index (χ2v) is 8.62. The van der Waals surface area contributed by atoms with Gasteiger partial charge in [-0.1, -0.05) is 12.1 Å². The van der Waals surface area contributed by atoms with Gasteiger partial charge in [0.25, 0.3) is 11.1 Å². The number of methoxy groups -OCH3 is 1. The fourth-order valence-electron chi connectivity index (χ4n) is 2.91. The zero-order valence-corrected chi connectivity index (χ0v) is 19.9. The molecule has 2 aromatic rings. The Morgan fingerprint density at radius 2 is 1.97 bits per heavy atom. The van der Waals surface area contributed by atoms with Crippen molar-refractivity contribution >= 4 is 51.6 Å². The summed E-state index contributed by atoms with van der Waals surface area (Å²) in [5.74, 6) is 1.65. The normalized spacial score (nSPS) is 15.1. The van der Waals surface area contributed by atoms with Crippen LogP contribution in [0.3, 0.4) is 0 Å². The Morgan fingerprint density at radius 1 is 1.17 bits per heavy atom. The second kappa shape index (κ2) is 10.2. The number of aryl methyl sites for hydroxylation is 1. The Balaban J connectivity index is 1.71. The van der Waals surface area contributed by atoms with Crippen molar-refractivity contribution in [2.45, 2.75) is 13.8 Å². The lowest BCUT2D eigenvalue weighted by molar-refractivity contribution is -0.123. The van der Waals surface area contributed by atoms with Crippen LogP contribution in [0.5, 0.6) is 17.2 Å². The number of benzene rings is 2. The summed E-state index contributed by atoms with van der Waals surface area (Å²) in [4.78, 5) is 26.6. The summed E-state index contributed by atoms with van der Waals surface area (Å²) in [6.07, 6.45) is 1.70. The van der Waals surface area contributed by atoms with Crippen LogP contribution >= 0.6 is 34.4 Å². The van der Waals surface area contributed by atoms with Gasteiger partial charge in [-0.3, -0.25) is 14.5 Å². The average Bonchev–Trinajstić information content (AvgIpc) is 2.97.